The standard InChI is InChI=1S/C18H18N2O3/c1-3-20-15-8-6-5-7-13(15)14-11-12(9-10-16(14)20)19-17(21)18(22)23-4-2/h5-11H,3-4H2,1-2H3,(H,19,21). The van der Waals surface area contributed by atoms with E-state index in [0.717, 1.165) is 28.4 Å². The van der Waals surface area contributed by atoms with Crippen molar-refractivity contribution in [2.45, 2.75) is 20.4 Å². The van der Waals surface area contributed by atoms with Crippen molar-refractivity contribution in [3.63, 3.8) is 0 Å². The highest BCUT2D eigenvalue weighted by molar-refractivity contribution is 6.37. The van der Waals surface area contributed by atoms with Crippen LogP contribution in [-0.2, 0) is 20.9 Å². The molecule has 3 rings (SSSR count). The summed E-state index contributed by atoms with van der Waals surface area (Å²) in [7, 11) is 0. The molecule has 0 saturated carbocycles. The van der Waals surface area contributed by atoms with Crippen LogP contribution in [-0.4, -0.2) is 23.1 Å². The summed E-state index contributed by atoms with van der Waals surface area (Å²) in [4.78, 5) is 23.2. The Morgan fingerprint density at radius 2 is 1.78 bits per heavy atom. The van der Waals surface area contributed by atoms with Crippen molar-refractivity contribution in [3.8, 4) is 0 Å². The van der Waals surface area contributed by atoms with Gasteiger partial charge in [-0.15, -0.1) is 0 Å². The zero-order chi connectivity index (χ0) is 16.4. The quantitative estimate of drug-likeness (QED) is 0.596. The number of hydrogen-bond acceptors (Lipinski definition) is 3. The monoisotopic (exact) mass is 310 g/mol. The van der Waals surface area contributed by atoms with Gasteiger partial charge in [-0.05, 0) is 38.1 Å². The van der Waals surface area contributed by atoms with Crippen molar-refractivity contribution in [1.82, 2.24) is 4.57 Å². The zero-order valence-corrected chi connectivity index (χ0v) is 13.1. The molecule has 0 aliphatic rings. The molecule has 118 valence electrons. The second-order valence-corrected chi connectivity index (χ2v) is 5.17. The van der Waals surface area contributed by atoms with E-state index in [0.29, 0.717) is 5.69 Å². The van der Waals surface area contributed by atoms with Crippen molar-refractivity contribution in [2.24, 2.45) is 0 Å². The third kappa shape index (κ3) is 2.65. The average molecular weight is 310 g/mol. The average Bonchev–Trinajstić information content (AvgIpc) is 2.88. The number of fused-ring (bicyclic) bond motifs is 3. The van der Waals surface area contributed by atoms with Crippen LogP contribution in [0.25, 0.3) is 21.8 Å². The number of para-hydroxylation sites is 1. The van der Waals surface area contributed by atoms with Gasteiger partial charge in [0.15, 0.2) is 0 Å². The number of aryl methyl sites for hydroxylation is 1. The number of amides is 1. The highest BCUT2D eigenvalue weighted by Gasteiger charge is 2.16. The van der Waals surface area contributed by atoms with Gasteiger partial charge < -0.3 is 14.6 Å². The summed E-state index contributed by atoms with van der Waals surface area (Å²) in [5.41, 5.74) is 2.83. The Hall–Kier alpha value is -2.82. The van der Waals surface area contributed by atoms with E-state index in [-0.39, 0.29) is 6.61 Å². The smallest absolute Gasteiger partial charge is 0.397 e. The first-order valence-corrected chi connectivity index (χ1v) is 7.64. The minimum Gasteiger partial charge on any atom is -0.459 e. The Morgan fingerprint density at radius 3 is 2.52 bits per heavy atom. The molecular formula is C18H18N2O3. The third-order valence-corrected chi connectivity index (χ3v) is 3.81. The molecule has 3 aromatic rings. The molecule has 1 heterocycles. The van der Waals surface area contributed by atoms with Gasteiger partial charge in [0, 0.05) is 34.0 Å². The van der Waals surface area contributed by atoms with Crippen LogP contribution in [0.15, 0.2) is 42.5 Å². The Labute approximate surface area is 133 Å². The van der Waals surface area contributed by atoms with Crippen LogP contribution in [0.3, 0.4) is 0 Å². The SMILES string of the molecule is CCOC(=O)C(=O)Nc1ccc2c(c1)c1ccccc1n2CC. The maximum Gasteiger partial charge on any atom is 0.397 e. The number of rotatable bonds is 3. The van der Waals surface area contributed by atoms with Crippen LogP contribution in [0, 0.1) is 0 Å². The van der Waals surface area contributed by atoms with Gasteiger partial charge in [0.05, 0.1) is 6.61 Å². The topological polar surface area (TPSA) is 60.3 Å². The Kier molecular flexibility index (Phi) is 4.02. The summed E-state index contributed by atoms with van der Waals surface area (Å²) >= 11 is 0. The van der Waals surface area contributed by atoms with Gasteiger partial charge in [-0.1, -0.05) is 18.2 Å². The second-order valence-electron chi connectivity index (χ2n) is 5.17. The van der Waals surface area contributed by atoms with E-state index in [1.807, 2.05) is 24.3 Å². The molecule has 1 N–H and O–H groups in total. The molecule has 5 nitrogen and oxygen atoms in total. The summed E-state index contributed by atoms with van der Waals surface area (Å²) in [6.07, 6.45) is 0. The van der Waals surface area contributed by atoms with E-state index in [1.54, 1.807) is 13.0 Å². The van der Waals surface area contributed by atoms with Crippen molar-refractivity contribution in [3.05, 3.63) is 42.5 Å². The van der Waals surface area contributed by atoms with Crippen molar-refractivity contribution >= 4 is 39.4 Å². The van der Waals surface area contributed by atoms with Crippen LogP contribution >= 0.6 is 0 Å². The molecule has 0 atom stereocenters. The van der Waals surface area contributed by atoms with E-state index in [1.165, 1.54) is 0 Å². The zero-order valence-electron chi connectivity index (χ0n) is 13.1. The fourth-order valence-corrected chi connectivity index (χ4v) is 2.85. The molecule has 2 aromatic carbocycles. The summed E-state index contributed by atoms with van der Waals surface area (Å²) in [6, 6.07) is 13.8. The fourth-order valence-electron chi connectivity index (χ4n) is 2.85. The van der Waals surface area contributed by atoms with Crippen LogP contribution in [0.4, 0.5) is 5.69 Å². The first kappa shape index (κ1) is 15.1. The molecule has 0 spiro atoms. The number of nitrogens with one attached hydrogen (secondary N) is 1. The largest absolute Gasteiger partial charge is 0.459 e. The minimum absolute atomic E-state index is 0.176. The van der Waals surface area contributed by atoms with Crippen LogP contribution in [0.5, 0.6) is 0 Å². The number of hydrogen-bond donors (Lipinski definition) is 1. The lowest BCUT2D eigenvalue weighted by atomic mass is 10.1. The summed E-state index contributed by atoms with van der Waals surface area (Å²) in [5.74, 6) is -1.63. The van der Waals surface area contributed by atoms with Crippen LogP contribution in [0.1, 0.15) is 13.8 Å². The van der Waals surface area contributed by atoms with Crippen molar-refractivity contribution in [2.75, 3.05) is 11.9 Å². The number of esters is 1. The number of carbonyl (C=O) groups excluding carboxylic acids is 2. The van der Waals surface area contributed by atoms with Gasteiger partial charge in [0.25, 0.3) is 0 Å². The lowest BCUT2D eigenvalue weighted by Crippen LogP contribution is -2.24. The molecule has 23 heavy (non-hydrogen) atoms. The number of benzene rings is 2. The molecule has 0 fully saturated rings. The number of ether oxygens (including phenoxy) is 1. The maximum absolute atomic E-state index is 11.8. The maximum atomic E-state index is 11.8. The van der Waals surface area contributed by atoms with Gasteiger partial charge in [-0.2, -0.15) is 0 Å². The fraction of sp³-hybridized carbons (Fsp3) is 0.222. The molecule has 1 aromatic heterocycles. The highest BCUT2D eigenvalue weighted by Crippen LogP contribution is 2.30. The lowest BCUT2D eigenvalue weighted by molar-refractivity contribution is -0.152. The normalized spacial score (nSPS) is 10.9. The Balaban J connectivity index is 2.04. The Bertz CT molecular complexity index is 896. The van der Waals surface area contributed by atoms with E-state index in [2.05, 4.69) is 28.9 Å². The molecular weight excluding hydrogens is 292 g/mol. The van der Waals surface area contributed by atoms with Gasteiger partial charge in [-0.3, -0.25) is 4.79 Å². The van der Waals surface area contributed by atoms with E-state index in [9.17, 15) is 9.59 Å². The molecule has 0 saturated heterocycles. The first-order chi connectivity index (χ1) is 11.2. The number of anilines is 1. The molecule has 0 bridgehead atoms. The third-order valence-electron chi connectivity index (χ3n) is 3.81. The summed E-state index contributed by atoms with van der Waals surface area (Å²) in [5, 5.41) is 4.76. The number of carbonyl (C=O) groups is 2. The van der Waals surface area contributed by atoms with Gasteiger partial charge in [0.2, 0.25) is 0 Å². The summed E-state index contributed by atoms with van der Waals surface area (Å²) < 4.78 is 6.92. The molecule has 1 amide bonds. The molecule has 0 radical (unpaired) electrons. The summed E-state index contributed by atoms with van der Waals surface area (Å²) in [6.45, 7) is 4.80. The van der Waals surface area contributed by atoms with E-state index >= 15 is 0 Å². The van der Waals surface area contributed by atoms with Crippen LogP contribution < -0.4 is 5.32 Å². The van der Waals surface area contributed by atoms with Gasteiger partial charge in [0.1, 0.15) is 0 Å². The van der Waals surface area contributed by atoms with Crippen LogP contribution in [0.2, 0.25) is 0 Å². The molecule has 0 aliphatic carbocycles. The van der Waals surface area contributed by atoms with Crippen molar-refractivity contribution < 1.29 is 14.3 Å². The van der Waals surface area contributed by atoms with Gasteiger partial charge in [-0.25, -0.2) is 4.79 Å². The molecule has 0 unspecified atom stereocenters. The minimum atomic E-state index is -0.872. The first-order valence-electron chi connectivity index (χ1n) is 7.64. The Morgan fingerprint density at radius 1 is 1.04 bits per heavy atom. The molecule has 0 aliphatic heterocycles. The highest BCUT2D eigenvalue weighted by atomic mass is 16.5. The predicted molar refractivity (Wildman–Crippen MR) is 90.4 cm³/mol. The number of nitrogens with zero attached hydrogens (tertiary/aromatic N) is 1. The lowest BCUT2D eigenvalue weighted by Gasteiger charge is -2.06. The van der Waals surface area contributed by atoms with E-state index < -0.39 is 11.9 Å². The number of aromatic nitrogens is 1. The van der Waals surface area contributed by atoms with Crippen molar-refractivity contribution in [1.29, 1.82) is 0 Å². The molecule has 5 heteroatoms. The van der Waals surface area contributed by atoms with Gasteiger partial charge >= 0.3 is 11.9 Å². The predicted octanol–water partition coefficient (Wildman–Crippen LogP) is 3.32. The van der Waals surface area contributed by atoms with E-state index in [4.69, 9.17) is 4.74 Å². The second kappa shape index (κ2) is 6.12.